The van der Waals surface area contributed by atoms with Gasteiger partial charge < -0.3 is 0 Å². The van der Waals surface area contributed by atoms with Crippen molar-refractivity contribution in [3.63, 3.8) is 0 Å². The van der Waals surface area contributed by atoms with Gasteiger partial charge in [-0.15, -0.1) is 6.58 Å². The molecule has 0 aliphatic carbocycles. The van der Waals surface area contributed by atoms with Crippen LogP contribution in [0, 0.1) is 5.41 Å². The summed E-state index contributed by atoms with van der Waals surface area (Å²) in [5.41, 5.74) is -2.01. The lowest BCUT2D eigenvalue weighted by atomic mass is 9.89. The van der Waals surface area contributed by atoms with Crippen molar-refractivity contribution in [1.29, 1.82) is 0 Å². The van der Waals surface area contributed by atoms with Gasteiger partial charge in [-0.3, -0.25) is 0 Å². The molecule has 1 heterocycles. The van der Waals surface area contributed by atoms with Crippen LogP contribution in [0.15, 0.2) is 27.0 Å². The van der Waals surface area contributed by atoms with E-state index in [-0.39, 0.29) is 6.54 Å². The molecule has 0 saturated carbocycles. The van der Waals surface area contributed by atoms with Crippen LogP contribution in [0.3, 0.4) is 0 Å². The standard InChI is InChI=1S/C20H35N3O3/c1-8-14-21-16(24)22(15-12-10-9-11-13-19(2,3)4)18(26)23(17(21)25)20(5,6)7/h8H,1,9-15H2,2-7H3. The van der Waals surface area contributed by atoms with E-state index in [0.717, 1.165) is 41.2 Å². The van der Waals surface area contributed by atoms with Crippen molar-refractivity contribution >= 4 is 0 Å². The zero-order valence-electron chi connectivity index (χ0n) is 17.3. The van der Waals surface area contributed by atoms with Crippen LogP contribution in [0.2, 0.25) is 0 Å². The lowest BCUT2D eigenvalue weighted by Gasteiger charge is -2.23. The van der Waals surface area contributed by atoms with Gasteiger partial charge in [0.15, 0.2) is 0 Å². The van der Waals surface area contributed by atoms with Gasteiger partial charge in [0.2, 0.25) is 0 Å². The van der Waals surface area contributed by atoms with Crippen molar-refractivity contribution < 1.29 is 0 Å². The molecule has 1 aromatic rings. The van der Waals surface area contributed by atoms with Gasteiger partial charge in [-0.25, -0.2) is 28.1 Å². The molecule has 26 heavy (non-hydrogen) atoms. The highest BCUT2D eigenvalue weighted by atomic mass is 16.2. The fourth-order valence-corrected chi connectivity index (χ4v) is 2.96. The van der Waals surface area contributed by atoms with Crippen LogP contribution in [-0.2, 0) is 18.6 Å². The zero-order valence-corrected chi connectivity index (χ0v) is 17.3. The Morgan fingerprint density at radius 1 is 0.808 bits per heavy atom. The van der Waals surface area contributed by atoms with Gasteiger partial charge in [-0.1, -0.05) is 46.1 Å². The van der Waals surface area contributed by atoms with E-state index in [4.69, 9.17) is 0 Å². The molecule has 0 aromatic carbocycles. The highest BCUT2D eigenvalue weighted by Crippen LogP contribution is 2.22. The van der Waals surface area contributed by atoms with Gasteiger partial charge in [0.05, 0.1) is 6.54 Å². The normalized spacial score (nSPS) is 12.4. The minimum atomic E-state index is -0.695. The average Bonchev–Trinajstić information content (AvgIpc) is 2.47. The SMILES string of the molecule is C=CCn1c(=O)n(CCCCCCC(C)(C)C)c(=O)n(C(C)(C)C)c1=O. The predicted molar refractivity (Wildman–Crippen MR) is 107 cm³/mol. The molecule has 0 radical (unpaired) electrons. The second-order valence-electron chi connectivity index (χ2n) is 9.13. The third kappa shape index (κ3) is 5.85. The number of nitrogens with zero attached hydrogens (tertiary/aromatic N) is 3. The first-order valence-electron chi connectivity index (χ1n) is 9.48. The number of aromatic nitrogens is 3. The topological polar surface area (TPSA) is 66.0 Å². The molecule has 1 aromatic heterocycles. The van der Waals surface area contributed by atoms with Crippen molar-refractivity contribution in [3.8, 4) is 0 Å². The van der Waals surface area contributed by atoms with Crippen LogP contribution >= 0.6 is 0 Å². The summed E-state index contributed by atoms with van der Waals surface area (Å²) in [7, 11) is 0. The van der Waals surface area contributed by atoms with Gasteiger partial charge in [-0.05, 0) is 39.0 Å². The largest absolute Gasteiger partial charge is 0.337 e. The second kappa shape index (κ2) is 8.69. The summed E-state index contributed by atoms with van der Waals surface area (Å²) in [4.78, 5) is 37.9. The molecule has 0 unspecified atom stereocenters. The van der Waals surface area contributed by atoms with E-state index in [0.29, 0.717) is 12.0 Å². The maximum absolute atomic E-state index is 12.8. The number of rotatable bonds is 8. The summed E-state index contributed by atoms with van der Waals surface area (Å²) in [6, 6.07) is 0. The second-order valence-corrected chi connectivity index (χ2v) is 9.13. The number of hydrogen-bond donors (Lipinski definition) is 0. The summed E-state index contributed by atoms with van der Waals surface area (Å²) < 4.78 is 3.44. The van der Waals surface area contributed by atoms with Crippen LogP contribution in [0.4, 0.5) is 0 Å². The monoisotopic (exact) mass is 365 g/mol. The lowest BCUT2D eigenvalue weighted by molar-refractivity contribution is 0.320. The highest BCUT2D eigenvalue weighted by molar-refractivity contribution is 4.87. The summed E-state index contributed by atoms with van der Waals surface area (Å²) in [6.45, 7) is 16.1. The summed E-state index contributed by atoms with van der Waals surface area (Å²) in [6.07, 6.45) is 6.57. The quantitative estimate of drug-likeness (QED) is 0.525. The van der Waals surface area contributed by atoms with E-state index in [1.807, 2.05) is 0 Å². The zero-order chi connectivity index (χ0) is 20.1. The van der Waals surface area contributed by atoms with Crippen molar-refractivity contribution in [2.24, 2.45) is 5.41 Å². The minimum absolute atomic E-state index is 0.0968. The first kappa shape index (κ1) is 22.2. The maximum Gasteiger partial charge on any atom is 0.337 e. The lowest BCUT2D eigenvalue weighted by Crippen LogP contribution is -2.58. The van der Waals surface area contributed by atoms with Crippen molar-refractivity contribution in [2.45, 2.75) is 92.3 Å². The Kier molecular flexibility index (Phi) is 7.42. The number of allylic oxidation sites excluding steroid dienone is 1. The van der Waals surface area contributed by atoms with Crippen LogP contribution in [0.25, 0.3) is 0 Å². The Morgan fingerprint density at radius 2 is 1.35 bits per heavy atom. The fourth-order valence-electron chi connectivity index (χ4n) is 2.96. The van der Waals surface area contributed by atoms with Crippen LogP contribution in [0.1, 0.15) is 73.6 Å². The van der Waals surface area contributed by atoms with E-state index in [1.54, 1.807) is 20.8 Å². The Bertz CT molecular complexity index is 783. The average molecular weight is 366 g/mol. The fraction of sp³-hybridized carbons (Fsp3) is 0.750. The molecular weight excluding hydrogens is 330 g/mol. The van der Waals surface area contributed by atoms with E-state index < -0.39 is 22.6 Å². The first-order valence-corrected chi connectivity index (χ1v) is 9.48. The molecule has 0 N–H and O–H groups in total. The van der Waals surface area contributed by atoms with Crippen molar-refractivity contribution in [3.05, 3.63) is 44.1 Å². The highest BCUT2D eigenvalue weighted by Gasteiger charge is 2.23. The molecule has 0 spiro atoms. The molecule has 0 fully saturated rings. The van der Waals surface area contributed by atoms with Crippen molar-refractivity contribution in [2.75, 3.05) is 0 Å². The maximum atomic E-state index is 12.8. The third-order valence-corrected chi connectivity index (χ3v) is 4.35. The Balaban J connectivity index is 3.03. The molecule has 1 rings (SSSR count). The molecule has 0 bridgehead atoms. The van der Waals surface area contributed by atoms with Crippen LogP contribution < -0.4 is 17.1 Å². The molecule has 6 heteroatoms. The Labute approximate surface area is 156 Å². The van der Waals surface area contributed by atoms with Gasteiger partial charge in [0, 0.05) is 12.1 Å². The summed E-state index contributed by atoms with van der Waals surface area (Å²) >= 11 is 0. The Morgan fingerprint density at radius 3 is 1.85 bits per heavy atom. The van der Waals surface area contributed by atoms with Gasteiger partial charge in [-0.2, -0.15) is 0 Å². The smallest absolute Gasteiger partial charge is 0.247 e. The van der Waals surface area contributed by atoms with E-state index in [2.05, 4.69) is 27.4 Å². The van der Waals surface area contributed by atoms with Crippen molar-refractivity contribution in [1.82, 2.24) is 13.7 Å². The summed E-state index contributed by atoms with van der Waals surface area (Å²) in [5.74, 6) is 0. The Hall–Kier alpha value is -1.85. The number of hydrogen-bond acceptors (Lipinski definition) is 3. The molecule has 0 saturated heterocycles. The molecule has 0 aliphatic heterocycles. The minimum Gasteiger partial charge on any atom is -0.247 e. The van der Waals surface area contributed by atoms with E-state index >= 15 is 0 Å². The molecule has 0 atom stereocenters. The van der Waals surface area contributed by atoms with E-state index in [9.17, 15) is 14.4 Å². The van der Waals surface area contributed by atoms with Gasteiger partial charge in [0.25, 0.3) is 0 Å². The van der Waals surface area contributed by atoms with Gasteiger partial charge in [0.1, 0.15) is 0 Å². The molecule has 148 valence electrons. The molecule has 0 aliphatic rings. The van der Waals surface area contributed by atoms with Crippen LogP contribution in [0.5, 0.6) is 0 Å². The van der Waals surface area contributed by atoms with Crippen LogP contribution in [-0.4, -0.2) is 13.7 Å². The predicted octanol–water partition coefficient (Wildman–Crippen LogP) is 3.11. The first-order chi connectivity index (χ1) is 11.9. The molecular formula is C20H35N3O3. The number of unbranched alkanes of at least 4 members (excludes halogenated alkanes) is 3. The van der Waals surface area contributed by atoms with E-state index in [1.165, 1.54) is 10.6 Å². The third-order valence-electron chi connectivity index (χ3n) is 4.35. The van der Waals surface area contributed by atoms with Gasteiger partial charge >= 0.3 is 17.1 Å². The molecule has 6 nitrogen and oxygen atoms in total. The molecule has 0 amide bonds. The summed E-state index contributed by atoms with van der Waals surface area (Å²) in [5, 5.41) is 0.